The minimum Gasteiger partial charge on any atom is -0.452 e. The standard InChI is InChI=1S/C20H30N2O5S/c1-5-16(4)21-19(23)13-27-20(24)17-6-8-18(9-7-17)28(25,26)22-11-14(2)10-15(3)12-22/h6-9,14-16H,5,10-13H2,1-4H3,(H,21,23)/t14-,15+,16-/m1/s1. The maximum absolute atomic E-state index is 12.9. The summed E-state index contributed by atoms with van der Waals surface area (Å²) in [7, 11) is -3.60. The van der Waals surface area contributed by atoms with Crippen molar-refractivity contribution in [3.8, 4) is 0 Å². The first-order valence-corrected chi connectivity index (χ1v) is 11.1. The largest absolute Gasteiger partial charge is 0.452 e. The molecule has 0 bridgehead atoms. The quantitative estimate of drug-likeness (QED) is 0.697. The van der Waals surface area contributed by atoms with Crippen LogP contribution in [0.2, 0.25) is 0 Å². The number of carbonyl (C=O) groups is 2. The number of hydrogen-bond acceptors (Lipinski definition) is 5. The molecule has 0 aliphatic carbocycles. The Kier molecular flexibility index (Phi) is 7.60. The van der Waals surface area contributed by atoms with Crippen molar-refractivity contribution in [2.24, 2.45) is 11.8 Å². The highest BCUT2D eigenvalue weighted by molar-refractivity contribution is 7.89. The maximum atomic E-state index is 12.9. The Hall–Kier alpha value is -1.93. The van der Waals surface area contributed by atoms with E-state index in [2.05, 4.69) is 19.2 Å². The summed E-state index contributed by atoms with van der Waals surface area (Å²) in [5, 5.41) is 2.71. The third kappa shape index (κ3) is 5.78. The van der Waals surface area contributed by atoms with Crippen molar-refractivity contribution in [1.29, 1.82) is 0 Å². The molecular weight excluding hydrogens is 380 g/mol. The normalized spacial score (nSPS) is 21.7. The van der Waals surface area contributed by atoms with Gasteiger partial charge >= 0.3 is 5.97 Å². The number of esters is 1. The lowest BCUT2D eigenvalue weighted by Gasteiger charge is -2.34. The second-order valence-electron chi connectivity index (χ2n) is 7.75. The average molecular weight is 411 g/mol. The van der Waals surface area contributed by atoms with Gasteiger partial charge < -0.3 is 10.1 Å². The van der Waals surface area contributed by atoms with E-state index in [1.807, 2.05) is 13.8 Å². The van der Waals surface area contributed by atoms with Crippen molar-refractivity contribution in [1.82, 2.24) is 9.62 Å². The summed E-state index contributed by atoms with van der Waals surface area (Å²) in [4.78, 5) is 23.9. The van der Waals surface area contributed by atoms with E-state index in [4.69, 9.17) is 4.74 Å². The molecule has 1 saturated heterocycles. The van der Waals surface area contributed by atoms with Crippen molar-refractivity contribution in [2.75, 3.05) is 19.7 Å². The van der Waals surface area contributed by atoms with Gasteiger partial charge in [0.05, 0.1) is 10.5 Å². The summed E-state index contributed by atoms with van der Waals surface area (Å²) in [6.45, 7) is 8.54. The molecule has 2 rings (SSSR count). The van der Waals surface area contributed by atoms with Gasteiger partial charge in [0.1, 0.15) is 0 Å². The highest BCUT2D eigenvalue weighted by Crippen LogP contribution is 2.26. The Morgan fingerprint density at radius 1 is 1.18 bits per heavy atom. The number of ether oxygens (including phenoxy) is 1. The molecule has 28 heavy (non-hydrogen) atoms. The molecule has 0 radical (unpaired) electrons. The highest BCUT2D eigenvalue weighted by atomic mass is 32.2. The third-order valence-electron chi connectivity index (χ3n) is 4.92. The first-order chi connectivity index (χ1) is 13.1. The molecule has 7 nitrogen and oxygen atoms in total. The van der Waals surface area contributed by atoms with E-state index in [-0.39, 0.29) is 29.0 Å². The molecule has 1 amide bonds. The van der Waals surface area contributed by atoms with Gasteiger partial charge in [-0.25, -0.2) is 13.2 Å². The van der Waals surface area contributed by atoms with Crippen LogP contribution in [-0.2, 0) is 19.6 Å². The minimum absolute atomic E-state index is 0.0101. The fourth-order valence-corrected chi connectivity index (χ4v) is 5.03. The van der Waals surface area contributed by atoms with Crippen LogP contribution in [0.1, 0.15) is 50.9 Å². The van der Waals surface area contributed by atoms with Gasteiger partial charge in [-0.2, -0.15) is 4.31 Å². The number of piperidine rings is 1. The van der Waals surface area contributed by atoms with E-state index in [1.54, 1.807) is 0 Å². The van der Waals surface area contributed by atoms with Crippen molar-refractivity contribution in [2.45, 2.75) is 51.5 Å². The number of nitrogens with zero attached hydrogens (tertiary/aromatic N) is 1. The first kappa shape index (κ1) is 22.4. The summed E-state index contributed by atoms with van der Waals surface area (Å²) in [5.41, 5.74) is 0.204. The zero-order chi connectivity index (χ0) is 20.9. The Balaban J connectivity index is 2.00. The zero-order valence-electron chi connectivity index (χ0n) is 17.0. The summed E-state index contributed by atoms with van der Waals surface area (Å²) in [6.07, 6.45) is 1.80. The summed E-state index contributed by atoms with van der Waals surface area (Å²) in [6, 6.07) is 5.66. The zero-order valence-corrected chi connectivity index (χ0v) is 17.8. The van der Waals surface area contributed by atoms with E-state index in [0.717, 1.165) is 12.8 Å². The molecule has 1 aromatic carbocycles. The summed E-state index contributed by atoms with van der Waals surface area (Å²) >= 11 is 0. The number of nitrogens with one attached hydrogen (secondary N) is 1. The molecule has 1 fully saturated rings. The smallest absolute Gasteiger partial charge is 0.338 e. The van der Waals surface area contributed by atoms with Gasteiger partial charge in [-0.05, 0) is 55.9 Å². The van der Waals surface area contributed by atoms with Crippen LogP contribution in [0.5, 0.6) is 0 Å². The van der Waals surface area contributed by atoms with Crippen LogP contribution in [0.4, 0.5) is 0 Å². The Bertz CT molecular complexity index is 781. The second-order valence-corrected chi connectivity index (χ2v) is 9.68. The molecule has 8 heteroatoms. The minimum atomic E-state index is -3.60. The molecule has 3 atom stereocenters. The Morgan fingerprint density at radius 2 is 1.75 bits per heavy atom. The fraction of sp³-hybridized carbons (Fsp3) is 0.600. The van der Waals surface area contributed by atoms with Gasteiger partial charge in [-0.3, -0.25) is 4.79 Å². The predicted molar refractivity (Wildman–Crippen MR) is 106 cm³/mol. The van der Waals surface area contributed by atoms with E-state index in [9.17, 15) is 18.0 Å². The van der Waals surface area contributed by atoms with Crippen LogP contribution in [0, 0.1) is 11.8 Å². The van der Waals surface area contributed by atoms with Crippen LogP contribution >= 0.6 is 0 Å². The van der Waals surface area contributed by atoms with E-state index < -0.39 is 16.0 Å². The van der Waals surface area contributed by atoms with Crippen molar-refractivity contribution in [3.63, 3.8) is 0 Å². The third-order valence-corrected chi connectivity index (χ3v) is 6.76. The maximum Gasteiger partial charge on any atom is 0.338 e. The summed E-state index contributed by atoms with van der Waals surface area (Å²) in [5.74, 6) is -0.401. The van der Waals surface area contributed by atoms with E-state index in [1.165, 1.54) is 28.6 Å². The van der Waals surface area contributed by atoms with Gasteiger partial charge in [0, 0.05) is 19.1 Å². The van der Waals surface area contributed by atoms with Crippen LogP contribution in [-0.4, -0.2) is 50.3 Å². The lowest BCUT2D eigenvalue weighted by Crippen LogP contribution is -2.42. The lowest BCUT2D eigenvalue weighted by atomic mass is 9.94. The van der Waals surface area contributed by atoms with Gasteiger partial charge in [-0.1, -0.05) is 20.8 Å². The van der Waals surface area contributed by atoms with Crippen molar-refractivity contribution < 1.29 is 22.7 Å². The van der Waals surface area contributed by atoms with Gasteiger partial charge in [0.15, 0.2) is 6.61 Å². The number of hydrogen-bond donors (Lipinski definition) is 1. The molecule has 1 aliphatic rings. The van der Waals surface area contributed by atoms with Gasteiger partial charge in [0.25, 0.3) is 5.91 Å². The van der Waals surface area contributed by atoms with Crippen LogP contribution in [0.3, 0.4) is 0 Å². The van der Waals surface area contributed by atoms with E-state index in [0.29, 0.717) is 24.9 Å². The summed E-state index contributed by atoms with van der Waals surface area (Å²) < 4.78 is 32.2. The lowest BCUT2D eigenvalue weighted by molar-refractivity contribution is -0.124. The second kappa shape index (κ2) is 9.52. The molecule has 0 saturated carbocycles. The van der Waals surface area contributed by atoms with Gasteiger partial charge in [0.2, 0.25) is 10.0 Å². The fourth-order valence-electron chi connectivity index (χ4n) is 3.35. The molecule has 0 unspecified atom stereocenters. The molecule has 1 N–H and O–H groups in total. The average Bonchev–Trinajstić information content (AvgIpc) is 2.65. The topological polar surface area (TPSA) is 92.8 Å². The SMILES string of the molecule is CC[C@@H](C)NC(=O)COC(=O)c1ccc(S(=O)(=O)N2C[C@H](C)C[C@H](C)C2)cc1. The first-order valence-electron chi connectivity index (χ1n) is 9.70. The Morgan fingerprint density at radius 3 is 2.29 bits per heavy atom. The monoisotopic (exact) mass is 410 g/mol. The van der Waals surface area contributed by atoms with Crippen molar-refractivity contribution >= 4 is 21.9 Å². The number of benzene rings is 1. The van der Waals surface area contributed by atoms with Crippen LogP contribution in [0.15, 0.2) is 29.2 Å². The molecule has 1 heterocycles. The number of rotatable bonds is 7. The van der Waals surface area contributed by atoms with E-state index >= 15 is 0 Å². The molecular formula is C20H30N2O5S. The van der Waals surface area contributed by atoms with Gasteiger partial charge in [-0.15, -0.1) is 0 Å². The predicted octanol–water partition coefficient (Wildman–Crippen LogP) is 2.42. The number of carbonyl (C=O) groups excluding carboxylic acids is 2. The van der Waals surface area contributed by atoms with Crippen LogP contribution in [0.25, 0.3) is 0 Å². The molecule has 1 aliphatic heterocycles. The number of sulfonamides is 1. The molecule has 0 aromatic heterocycles. The van der Waals surface area contributed by atoms with Crippen LogP contribution < -0.4 is 5.32 Å². The number of amides is 1. The van der Waals surface area contributed by atoms with Crippen molar-refractivity contribution in [3.05, 3.63) is 29.8 Å². The molecule has 1 aromatic rings. The molecule has 0 spiro atoms. The Labute approximate surface area is 167 Å². The molecule has 156 valence electrons. The highest BCUT2D eigenvalue weighted by Gasteiger charge is 2.31.